The molecule has 1 aromatic rings. The summed E-state index contributed by atoms with van der Waals surface area (Å²) in [5, 5.41) is 0. The molecule has 0 bridgehead atoms. The number of aromatic nitrogens is 1. The van der Waals surface area contributed by atoms with Gasteiger partial charge in [-0.1, -0.05) is 6.07 Å². The second-order valence-electron chi connectivity index (χ2n) is 2.05. The molecule has 0 fully saturated rings. The predicted octanol–water partition coefficient (Wildman–Crippen LogP) is 2.04. The van der Waals surface area contributed by atoms with Crippen molar-refractivity contribution in [3.63, 3.8) is 0 Å². The van der Waals surface area contributed by atoms with Gasteiger partial charge in [0, 0.05) is 25.6 Å². The molecule has 0 unspecified atom stereocenters. The van der Waals surface area contributed by atoms with Gasteiger partial charge in [-0.15, -0.1) is 0 Å². The maximum atomic E-state index is 4.54. The van der Waals surface area contributed by atoms with Crippen molar-refractivity contribution in [2.24, 2.45) is 0 Å². The van der Waals surface area contributed by atoms with Crippen molar-refractivity contribution < 1.29 is 4.74 Å². The monoisotopic (exact) mass is 153 g/mol. The van der Waals surface area contributed by atoms with E-state index in [9.17, 15) is 0 Å². The van der Waals surface area contributed by atoms with Crippen LogP contribution in [-0.4, -0.2) is 18.7 Å². The van der Waals surface area contributed by atoms with E-state index in [1.165, 1.54) is 0 Å². The molecular weight excluding hydrogens is 138 g/mol. The van der Waals surface area contributed by atoms with Crippen LogP contribution in [0.25, 0.3) is 0 Å². The average Bonchev–Trinajstić information content (AvgIpc) is 2.07. The minimum atomic E-state index is 0.819. The van der Waals surface area contributed by atoms with Crippen LogP contribution in [0, 0.1) is 6.92 Å². The van der Waals surface area contributed by atoms with Gasteiger partial charge in [-0.3, -0.25) is 4.98 Å². The fourth-order valence-corrected chi connectivity index (χ4v) is 0.448. The summed E-state index contributed by atoms with van der Waals surface area (Å²) >= 11 is 0. The highest BCUT2D eigenvalue weighted by molar-refractivity contribution is 4.99. The van der Waals surface area contributed by atoms with Gasteiger partial charge in [-0.2, -0.15) is 0 Å². The molecule has 0 aliphatic heterocycles. The van der Waals surface area contributed by atoms with Gasteiger partial charge in [-0.05, 0) is 26.0 Å². The molecule has 0 aliphatic rings. The van der Waals surface area contributed by atoms with E-state index in [0.29, 0.717) is 0 Å². The van der Waals surface area contributed by atoms with Crippen LogP contribution in [0.4, 0.5) is 0 Å². The van der Waals surface area contributed by atoms with Crippen molar-refractivity contribution in [3.05, 3.63) is 30.1 Å². The summed E-state index contributed by atoms with van der Waals surface area (Å²) in [4.78, 5) is 3.98. The van der Waals surface area contributed by atoms with Crippen LogP contribution < -0.4 is 0 Å². The maximum Gasteiger partial charge on any atom is 0.0433 e. The number of ether oxygens (including phenoxy) is 1. The Morgan fingerprint density at radius 1 is 1.45 bits per heavy atom. The van der Waals surface area contributed by atoms with E-state index in [1.807, 2.05) is 32.0 Å². The second-order valence-corrected chi connectivity index (χ2v) is 2.05. The number of rotatable bonds is 1. The maximum absolute atomic E-state index is 4.54. The zero-order chi connectivity index (χ0) is 8.53. The third-order valence-electron chi connectivity index (χ3n) is 1.10. The van der Waals surface area contributed by atoms with E-state index >= 15 is 0 Å². The van der Waals surface area contributed by atoms with E-state index < -0.39 is 0 Å². The lowest BCUT2D eigenvalue weighted by Gasteiger charge is -1.82. The Bertz CT molecular complexity index is 160. The lowest BCUT2D eigenvalue weighted by Crippen LogP contribution is -1.73. The van der Waals surface area contributed by atoms with Crippen molar-refractivity contribution in [1.82, 2.24) is 4.98 Å². The van der Waals surface area contributed by atoms with Crippen molar-refractivity contribution in [1.29, 1.82) is 0 Å². The van der Waals surface area contributed by atoms with Crippen LogP contribution in [0.1, 0.15) is 12.6 Å². The van der Waals surface area contributed by atoms with E-state index in [-0.39, 0.29) is 0 Å². The van der Waals surface area contributed by atoms with Crippen molar-refractivity contribution in [2.75, 3.05) is 13.7 Å². The van der Waals surface area contributed by atoms with Gasteiger partial charge in [0.05, 0.1) is 0 Å². The molecule has 11 heavy (non-hydrogen) atoms. The van der Waals surface area contributed by atoms with Gasteiger partial charge in [0.1, 0.15) is 0 Å². The SMILES string of the molecule is CCOC.Cc1ccccn1. The van der Waals surface area contributed by atoms with Gasteiger partial charge in [-0.25, -0.2) is 0 Å². The molecule has 0 radical (unpaired) electrons. The number of hydrogen-bond acceptors (Lipinski definition) is 2. The zero-order valence-corrected chi connectivity index (χ0v) is 7.37. The van der Waals surface area contributed by atoms with E-state index in [1.54, 1.807) is 13.3 Å². The summed E-state index contributed by atoms with van der Waals surface area (Å²) in [5.41, 5.74) is 1.07. The molecule has 1 aromatic heterocycles. The lowest BCUT2D eigenvalue weighted by atomic mass is 10.4. The topological polar surface area (TPSA) is 22.1 Å². The van der Waals surface area contributed by atoms with E-state index in [4.69, 9.17) is 0 Å². The molecule has 0 saturated carbocycles. The zero-order valence-electron chi connectivity index (χ0n) is 7.37. The van der Waals surface area contributed by atoms with Crippen LogP contribution in [-0.2, 0) is 4.74 Å². The van der Waals surface area contributed by atoms with Crippen LogP contribution in [0.5, 0.6) is 0 Å². The molecule has 0 aliphatic carbocycles. The van der Waals surface area contributed by atoms with Crippen molar-refractivity contribution in [3.8, 4) is 0 Å². The van der Waals surface area contributed by atoms with E-state index in [0.717, 1.165) is 12.3 Å². The molecule has 0 atom stereocenters. The number of pyridine rings is 1. The fourth-order valence-electron chi connectivity index (χ4n) is 0.448. The molecule has 62 valence electrons. The molecule has 0 amide bonds. The molecule has 0 saturated heterocycles. The molecular formula is C9H15NO. The first-order valence-electron chi connectivity index (χ1n) is 3.67. The molecule has 0 spiro atoms. The summed E-state index contributed by atoms with van der Waals surface area (Å²) in [6.45, 7) is 4.75. The molecule has 1 heterocycles. The number of aryl methyl sites for hydroxylation is 1. The Morgan fingerprint density at radius 3 is 2.27 bits per heavy atom. The first-order chi connectivity index (χ1) is 5.31. The average molecular weight is 153 g/mol. The number of hydrogen-bond donors (Lipinski definition) is 0. The summed E-state index contributed by atoms with van der Waals surface area (Å²) in [6, 6.07) is 5.86. The van der Waals surface area contributed by atoms with Crippen LogP contribution in [0.15, 0.2) is 24.4 Å². The Hall–Kier alpha value is -0.890. The molecule has 1 rings (SSSR count). The second kappa shape index (κ2) is 7.22. The summed E-state index contributed by atoms with van der Waals surface area (Å²) in [7, 11) is 1.68. The van der Waals surface area contributed by atoms with Gasteiger partial charge in [0.15, 0.2) is 0 Å². The van der Waals surface area contributed by atoms with Gasteiger partial charge in [0.2, 0.25) is 0 Å². The highest BCUT2D eigenvalue weighted by Gasteiger charge is 1.73. The summed E-state index contributed by atoms with van der Waals surface area (Å²) in [5.74, 6) is 0. The standard InChI is InChI=1S/C6H7N.C3H8O/c1-6-4-2-3-5-7-6;1-3-4-2/h2-5H,1H3;3H2,1-2H3. The van der Waals surface area contributed by atoms with Crippen LogP contribution in [0.2, 0.25) is 0 Å². The smallest absolute Gasteiger partial charge is 0.0433 e. The number of methoxy groups -OCH3 is 1. The first kappa shape index (κ1) is 10.1. The van der Waals surface area contributed by atoms with E-state index in [2.05, 4.69) is 9.72 Å². The Kier molecular flexibility index (Phi) is 6.64. The Balaban J connectivity index is 0.000000218. The van der Waals surface area contributed by atoms with Crippen molar-refractivity contribution >= 4 is 0 Å². The normalized spacial score (nSPS) is 8.27. The molecule has 0 aromatic carbocycles. The number of nitrogens with zero attached hydrogens (tertiary/aromatic N) is 1. The largest absolute Gasteiger partial charge is 0.385 e. The summed E-state index contributed by atoms with van der Waals surface area (Å²) < 4.78 is 4.54. The molecule has 2 heteroatoms. The fraction of sp³-hybridized carbons (Fsp3) is 0.444. The third-order valence-corrected chi connectivity index (χ3v) is 1.10. The molecule has 0 N–H and O–H groups in total. The lowest BCUT2D eigenvalue weighted by molar-refractivity contribution is 0.215. The summed E-state index contributed by atoms with van der Waals surface area (Å²) in [6.07, 6.45) is 1.79. The first-order valence-corrected chi connectivity index (χ1v) is 3.67. The van der Waals surface area contributed by atoms with Crippen LogP contribution in [0.3, 0.4) is 0 Å². The minimum Gasteiger partial charge on any atom is -0.385 e. The highest BCUT2D eigenvalue weighted by atomic mass is 16.5. The van der Waals surface area contributed by atoms with Crippen molar-refractivity contribution in [2.45, 2.75) is 13.8 Å². The van der Waals surface area contributed by atoms with Crippen LogP contribution >= 0.6 is 0 Å². The minimum absolute atomic E-state index is 0.819. The van der Waals surface area contributed by atoms with Gasteiger partial charge >= 0.3 is 0 Å². The predicted molar refractivity (Wildman–Crippen MR) is 46.5 cm³/mol. The highest BCUT2D eigenvalue weighted by Crippen LogP contribution is 1.85. The Morgan fingerprint density at radius 2 is 2.09 bits per heavy atom. The molecule has 2 nitrogen and oxygen atoms in total. The van der Waals surface area contributed by atoms with Gasteiger partial charge in [0.25, 0.3) is 0 Å². The quantitative estimate of drug-likeness (QED) is 0.616. The Labute approximate surface area is 68.2 Å². The third kappa shape index (κ3) is 7.00. The van der Waals surface area contributed by atoms with Gasteiger partial charge < -0.3 is 4.74 Å².